The van der Waals surface area contributed by atoms with Gasteiger partial charge in [-0.05, 0) is 63.8 Å². The van der Waals surface area contributed by atoms with Crippen LogP contribution >= 0.6 is 11.6 Å². The first-order chi connectivity index (χ1) is 19.8. The molecule has 11 heteroatoms. The minimum absolute atomic E-state index is 0.239. The zero-order valence-electron chi connectivity index (χ0n) is 24.4. The van der Waals surface area contributed by atoms with Gasteiger partial charge >= 0.3 is 6.09 Å². The summed E-state index contributed by atoms with van der Waals surface area (Å²) in [6, 6.07) is 8.94. The van der Waals surface area contributed by atoms with E-state index in [1.807, 2.05) is 75.7 Å². The van der Waals surface area contributed by atoms with Gasteiger partial charge in [0.15, 0.2) is 11.5 Å². The molecule has 10 nitrogen and oxygen atoms in total. The van der Waals surface area contributed by atoms with Crippen LogP contribution in [0.25, 0.3) is 17.0 Å². The van der Waals surface area contributed by atoms with Gasteiger partial charge in [-0.25, -0.2) is 24.7 Å². The number of alkyl carbamates (subject to hydrolysis) is 1. The molecular weight excluding hydrogens is 540 g/mol. The van der Waals surface area contributed by atoms with Crippen molar-refractivity contribution >= 4 is 35.1 Å². The Morgan fingerprint density at radius 2 is 1.85 bits per heavy atom. The van der Waals surface area contributed by atoms with Crippen molar-refractivity contribution in [1.82, 2.24) is 29.7 Å². The fourth-order valence-electron chi connectivity index (χ4n) is 4.63. The van der Waals surface area contributed by atoms with Crippen molar-refractivity contribution < 1.29 is 9.53 Å². The zero-order chi connectivity index (χ0) is 29.4. The van der Waals surface area contributed by atoms with E-state index in [1.165, 1.54) is 6.42 Å². The third-order valence-corrected chi connectivity index (χ3v) is 6.62. The number of ether oxygens (including phenoxy) is 1. The molecular formula is C30H39ClN8O2. The van der Waals surface area contributed by atoms with E-state index >= 15 is 0 Å². The molecule has 3 aromatic heterocycles. The lowest BCUT2D eigenvalue weighted by Gasteiger charge is -2.27. The Morgan fingerprint density at radius 3 is 2.59 bits per heavy atom. The van der Waals surface area contributed by atoms with Gasteiger partial charge in [0.05, 0.1) is 23.6 Å². The lowest BCUT2D eigenvalue weighted by molar-refractivity contribution is 0.0525. The third kappa shape index (κ3) is 7.85. The van der Waals surface area contributed by atoms with E-state index in [9.17, 15) is 4.79 Å². The normalized spacial score (nSPS) is 14.1. The quantitative estimate of drug-likeness (QED) is 0.254. The summed E-state index contributed by atoms with van der Waals surface area (Å²) >= 11 is 6.27. The number of piperidine rings is 1. The minimum atomic E-state index is -0.599. The predicted molar refractivity (Wildman–Crippen MR) is 163 cm³/mol. The first kappa shape index (κ1) is 30.0. The van der Waals surface area contributed by atoms with Crippen molar-refractivity contribution in [3.05, 3.63) is 65.7 Å². The number of nitrogens with one attached hydrogen (secondary N) is 2. The van der Waals surface area contributed by atoms with Crippen LogP contribution in [0.3, 0.4) is 0 Å². The molecule has 1 unspecified atom stereocenters. The van der Waals surface area contributed by atoms with Crippen molar-refractivity contribution in [3.8, 4) is 11.4 Å². The summed E-state index contributed by atoms with van der Waals surface area (Å²) in [4.78, 5) is 33.2. The second-order valence-corrected chi connectivity index (χ2v) is 11.0. The number of anilines is 2. The SMILES string of the molecule is CC.CC(C)(C)OC(=O)NCC(Nc1nccc(-c2cnc3c(N4CCCCC4)nccn23)n1)c1cccc(Cl)c1. The van der Waals surface area contributed by atoms with Crippen LogP contribution in [-0.4, -0.2) is 55.7 Å². The maximum atomic E-state index is 12.4. The number of nitrogens with zero attached hydrogens (tertiary/aromatic N) is 6. The molecule has 1 fully saturated rings. The fourth-order valence-corrected chi connectivity index (χ4v) is 4.82. The van der Waals surface area contributed by atoms with Crippen LogP contribution in [0.15, 0.2) is 55.1 Å². The Labute approximate surface area is 246 Å². The molecule has 1 aromatic carbocycles. The second-order valence-electron chi connectivity index (χ2n) is 10.5. The van der Waals surface area contributed by atoms with Crippen LogP contribution in [0.5, 0.6) is 0 Å². The van der Waals surface area contributed by atoms with Crippen molar-refractivity contribution in [3.63, 3.8) is 0 Å². The second kappa shape index (κ2) is 13.6. The number of aromatic nitrogens is 5. The molecule has 0 spiro atoms. The number of carbonyl (C=O) groups is 1. The number of imidazole rings is 1. The molecule has 2 N–H and O–H groups in total. The van der Waals surface area contributed by atoms with E-state index < -0.39 is 11.7 Å². The highest BCUT2D eigenvalue weighted by Gasteiger charge is 2.21. The van der Waals surface area contributed by atoms with Gasteiger partial charge in [-0.15, -0.1) is 0 Å². The molecule has 1 amide bonds. The van der Waals surface area contributed by atoms with Gasteiger partial charge in [-0.2, -0.15) is 0 Å². The molecule has 41 heavy (non-hydrogen) atoms. The minimum Gasteiger partial charge on any atom is -0.444 e. The van der Waals surface area contributed by atoms with Gasteiger partial charge < -0.3 is 20.3 Å². The van der Waals surface area contributed by atoms with E-state index in [0.717, 1.165) is 48.7 Å². The summed E-state index contributed by atoms with van der Waals surface area (Å²) in [7, 11) is 0. The highest BCUT2D eigenvalue weighted by Crippen LogP contribution is 2.27. The molecule has 218 valence electrons. The maximum absolute atomic E-state index is 12.4. The van der Waals surface area contributed by atoms with Gasteiger partial charge in [-0.3, -0.25) is 4.40 Å². The van der Waals surface area contributed by atoms with E-state index in [0.29, 0.717) is 16.7 Å². The summed E-state index contributed by atoms with van der Waals surface area (Å²) in [5, 5.41) is 6.78. The van der Waals surface area contributed by atoms with Crippen LogP contribution in [0, 0.1) is 0 Å². The van der Waals surface area contributed by atoms with Gasteiger partial charge in [0.1, 0.15) is 5.60 Å². The molecule has 1 aliphatic heterocycles. The van der Waals surface area contributed by atoms with Crippen molar-refractivity contribution in [2.75, 3.05) is 29.9 Å². The lowest BCUT2D eigenvalue weighted by Crippen LogP contribution is -2.36. The van der Waals surface area contributed by atoms with Crippen LogP contribution in [0.4, 0.5) is 16.6 Å². The monoisotopic (exact) mass is 578 g/mol. The van der Waals surface area contributed by atoms with Crippen molar-refractivity contribution in [2.45, 2.75) is 65.5 Å². The highest BCUT2D eigenvalue weighted by molar-refractivity contribution is 6.30. The number of hydrogen-bond donors (Lipinski definition) is 2. The smallest absolute Gasteiger partial charge is 0.407 e. The Bertz CT molecular complexity index is 1450. The zero-order valence-corrected chi connectivity index (χ0v) is 25.1. The average Bonchev–Trinajstić information content (AvgIpc) is 3.40. The van der Waals surface area contributed by atoms with Crippen LogP contribution in [0.1, 0.15) is 65.5 Å². The molecule has 0 bridgehead atoms. The van der Waals surface area contributed by atoms with Gasteiger partial charge in [0.25, 0.3) is 0 Å². The number of rotatable bonds is 7. The number of hydrogen-bond acceptors (Lipinski definition) is 8. The summed E-state index contributed by atoms with van der Waals surface area (Å²) in [5.41, 5.74) is 2.63. The number of halogens is 1. The molecule has 4 aromatic rings. The van der Waals surface area contributed by atoms with Crippen molar-refractivity contribution in [2.24, 2.45) is 0 Å². The first-order valence-corrected chi connectivity index (χ1v) is 14.5. The van der Waals surface area contributed by atoms with Crippen LogP contribution in [0.2, 0.25) is 5.02 Å². The van der Waals surface area contributed by atoms with E-state index in [-0.39, 0.29) is 12.6 Å². The largest absolute Gasteiger partial charge is 0.444 e. The molecule has 5 rings (SSSR count). The average molecular weight is 579 g/mol. The van der Waals surface area contributed by atoms with Crippen molar-refractivity contribution in [1.29, 1.82) is 0 Å². The van der Waals surface area contributed by atoms with E-state index in [4.69, 9.17) is 26.3 Å². The van der Waals surface area contributed by atoms with Gasteiger partial charge in [-0.1, -0.05) is 37.6 Å². The fraction of sp³-hybridized carbons (Fsp3) is 0.433. The molecule has 0 aliphatic carbocycles. The lowest BCUT2D eigenvalue weighted by atomic mass is 10.1. The standard InChI is InChI=1S/C28H33ClN8O2.C2H6/c1-28(2,3)39-27(38)33-17-22(19-8-7-9-20(29)16-19)35-26-31-11-10-21(34-26)23-18-32-25-24(30-12-15-37(23)25)36-13-5-4-6-14-36;1-2/h7-12,15-16,18,22H,4-6,13-14,17H2,1-3H3,(H,33,38)(H,31,34,35);1-2H3. The Hall–Kier alpha value is -3.92. The topological polar surface area (TPSA) is 110 Å². The van der Waals surface area contributed by atoms with E-state index in [2.05, 4.69) is 25.5 Å². The Morgan fingerprint density at radius 1 is 1.07 bits per heavy atom. The first-order valence-electron chi connectivity index (χ1n) is 14.2. The molecule has 1 saturated heterocycles. The Kier molecular flexibility index (Phi) is 9.99. The predicted octanol–water partition coefficient (Wildman–Crippen LogP) is 6.53. The van der Waals surface area contributed by atoms with Crippen LogP contribution in [-0.2, 0) is 4.74 Å². The van der Waals surface area contributed by atoms with Gasteiger partial charge in [0, 0.05) is 43.2 Å². The third-order valence-electron chi connectivity index (χ3n) is 6.39. The van der Waals surface area contributed by atoms with E-state index in [1.54, 1.807) is 18.5 Å². The summed E-state index contributed by atoms with van der Waals surface area (Å²) in [6.45, 7) is 11.7. The number of benzene rings is 1. The molecule has 1 aliphatic rings. The number of fused-ring (bicyclic) bond motifs is 1. The Balaban J connectivity index is 0.00000189. The highest BCUT2D eigenvalue weighted by atomic mass is 35.5. The summed E-state index contributed by atoms with van der Waals surface area (Å²) in [5.74, 6) is 1.30. The molecule has 4 heterocycles. The van der Waals surface area contributed by atoms with Gasteiger partial charge in [0.2, 0.25) is 5.95 Å². The molecule has 1 atom stereocenters. The molecule has 0 radical (unpaired) electrons. The maximum Gasteiger partial charge on any atom is 0.407 e. The number of amides is 1. The summed E-state index contributed by atoms with van der Waals surface area (Å²) in [6.07, 6.45) is 10.3. The number of carbonyl (C=O) groups excluding carboxylic acids is 1. The van der Waals surface area contributed by atoms with Crippen LogP contribution < -0.4 is 15.5 Å². The molecule has 0 saturated carbocycles. The summed E-state index contributed by atoms with van der Waals surface area (Å²) < 4.78 is 7.42.